The van der Waals surface area contributed by atoms with Gasteiger partial charge in [-0.1, -0.05) is 36.1 Å². The van der Waals surface area contributed by atoms with Gasteiger partial charge >= 0.3 is 6.18 Å². The molecule has 0 aromatic heterocycles. The fraction of sp³-hybridized carbons (Fsp3) is 0.312. The number of carbonyl (C=O) groups excluding carboxylic acids is 2. The monoisotopic (exact) mass is 388 g/mol. The van der Waals surface area contributed by atoms with Gasteiger partial charge in [-0.2, -0.15) is 13.2 Å². The molecule has 0 radical (unpaired) electrons. The molecule has 0 saturated carbocycles. The number of benzene rings is 1. The van der Waals surface area contributed by atoms with Crippen molar-refractivity contribution in [2.45, 2.75) is 25.4 Å². The van der Waals surface area contributed by atoms with Gasteiger partial charge in [-0.25, -0.2) is 0 Å². The van der Waals surface area contributed by atoms with E-state index in [4.69, 9.17) is 12.2 Å². The van der Waals surface area contributed by atoms with Crippen molar-refractivity contribution in [3.8, 4) is 0 Å². The molecule has 1 saturated heterocycles. The van der Waals surface area contributed by atoms with E-state index in [1.165, 1.54) is 23.1 Å². The Kier molecular flexibility index (Phi) is 6.23. The molecule has 0 atom stereocenters. The van der Waals surface area contributed by atoms with Gasteiger partial charge in [0.15, 0.2) is 0 Å². The number of carboxylic acids is 1. The summed E-state index contributed by atoms with van der Waals surface area (Å²) in [5.41, 5.74) is -0.536. The van der Waals surface area contributed by atoms with E-state index in [2.05, 4.69) is 0 Å². The van der Waals surface area contributed by atoms with Crippen molar-refractivity contribution in [3.05, 3.63) is 40.3 Å². The fourth-order valence-corrected chi connectivity index (χ4v) is 3.50. The van der Waals surface area contributed by atoms with Crippen molar-refractivity contribution in [1.82, 2.24) is 4.90 Å². The maximum absolute atomic E-state index is 12.7. The molecule has 9 heteroatoms. The first-order valence-corrected chi connectivity index (χ1v) is 8.53. The van der Waals surface area contributed by atoms with E-state index in [9.17, 15) is 27.9 Å². The predicted octanol–water partition coefficient (Wildman–Crippen LogP) is 2.83. The van der Waals surface area contributed by atoms with Gasteiger partial charge in [0.25, 0.3) is 5.91 Å². The van der Waals surface area contributed by atoms with Crippen LogP contribution in [-0.2, 0) is 15.8 Å². The molecule has 0 N–H and O–H groups in total. The number of carbonyl (C=O) groups is 2. The molecule has 134 valence electrons. The number of nitrogens with zero attached hydrogens (tertiary/aromatic N) is 1. The number of thioether (sulfide) groups is 1. The topological polar surface area (TPSA) is 60.4 Å². The molecule has 0 aliphatic carbocycles. The van der Waals surface area contributed by atoms with Crippen molar-refractivity contribution in [1.29, 1.82) is 0 Å². The van der Waals surface area contributed by atoms with Gasteiger partial charge in [0.1, 0.15) is 4.32 Å². The zero-order chi connectivity index (χ0) is 18.6. The van der Waals surface area contributed by atoms with E-state index in [1.807, 2.05) is 0 Å². The molecule has 0 spiro atoms. The van der Waals surface area contributed by atoms with Gasteiger partial charge in [0.2, 0.25) is 0 Å². The predicted molar refractivity (Wildman–Crippen MR) is 90.2 cm³/mol. The van der Waals surface area contributed by atoms with Gasteiger partial charge in [-0.05, 0) is 43.0 Å². The van der Waals surface area contributed by atoms with Crippen LogP contribution in [0.4, 0.5) is 13.2 Å². The number of unbranched alkanes of at least 4 members (excludes halogenated alkanes) is 1. The second kappa shape index (κ2) is 8.01. The lowest BCUT2D eigenvalue weighted by Gasteiger charge is -2.14. The minimum Gasteiger partial charge on any atom is -0.550 e. The molecule has 1 aromatic rings. The SMILES string of the molecule is O=C([O-])CCCCN1C(=O)/C(=C\c2cccc(C(F)(F)F)c2)SC1=S. The lowest BCUT2D eigenvalue weighted by molar-refractivity contribution is -0.305. The van der Waals surface area contributed by atoms with E-state index >= 15 is 0 Å². The van der Waals surface area contributed by atoms with E-state index in [-0.39, 0.29) is 29.3 Å². The quantitative estimate of drug-likeness (QED) is 0.426. The molecule has 1 fully saturated rings. The minimum absolute atomic E-state index is 0.102. The Hall–Kier alpha value is -1.87. The third-order valence-electron chi connectivity index (χ3n) is 3.40. The zero-order valence-electron chi connectivity index (χ0n) is 12.8. The summed E-state index contributed by atoms with van der Waals surface area (Å²) < 4.78 is 38.5. The van der Waals surface area contributed by atoms with Gasteiger partial charge in [0, 0.05) is 12.5 Å². The second-order valence-corrected chi connectivity index (χ2v) is 6.96. The Labute approximate surface area is 151 Å². The normalized spacial score (nSPS) is 16.8. The number of halogens is 3. The highest BCUT2D eigenvalue weighted by molar-refractivity contribution is 8.26. The summed E-state index contributed by atoms with van der Waals surface area (Å²) in [6, 6.07) is 4.67. The van der Waals surface area contributed by atoms with Gasteiger partial charge in [-0.3, -0.25) is 9.69 Å². The average Bonchev–Trinajstić information content (AvgIpc) is 2.77. The largest absolute Gasteiger partial charge is 0.550 e. The van der Waals surface area contributed by atoms with Gasteiger partial charge in [-0.15, -0.1) is 0 Å². The molecule has 1 amide bonds. The molecule has 4 nitrogen and oxygen atoms in total. The van der Waals surface area contributed by atoms with Crippen LogP contribution in [0.2, 0.25) is 0 Å². The van der Waals surface area contributed by atoms with Crippen LogP contribution in [0, 0.1) is 0 Å². The van der Waals surface area contributed by atoms with E-state index < -0.39 is 17.7 Å². The molecule has 1 heterocycles. The van der Waals surface area contributed by atoms with Crippen LogP contribution in [-0.4, -0.2) is 27.6 Å². The molecule has 25 heavy (non-hydrogen) atoms. The third kappa shape index (κ3) is 5.30. The first kappa shape index (κ1) is 19.5. The molecule has 1 aliphatic rings. The van der Waals surface area contributed by atoms with Crippen molar-refractivity contribution in [2.75, 3.05) is 6.54 Å². The van der Waals surface area contributed by atoms with Crippen molar-refractivity contribution >= 4 is 46.3 Å². The summed E-state index contributed by atoms with van der Waals surface area (Å²) >= 11 is 6.13. The highest BCUT2D eigenvalue weighted by Crippen LogP contribution is 2.34. The third-order valence-corrected chi connectivity index (χ3v) is 4.78. The Morgan fingerprint density at radius 2 is 2.04 bits per heavy atom. The fourth-order valence-electron chi connectivity index (χ4n) is 2.19. The Morgan fingerprint density at radius 3 is 2.68 bits per heavy atom. The summed E-state index contributed by atoms with van der Waals surface area (Å²) in [4.78, 5) is 24.3. The van der Waals surface area contributed by atoms with Crippen LogP contribution in [0.25, 0.3) is 6.08 Å². The standard InChI is InChI=1S/C16H14F3NO3S2/c17-16(18,19)11-5-3-4-10(8-11)9-12-14(23)20(15(24)25-12)7-2-1-6-13(21)22/h3-5,8-9H,1-2,6-7H2,(H,21,22)/p-1/b12-9+. The maximum Gasteiger partial charge on any atom is 0.416 e. The average molecular weight is 388 g/mol. The summed E-state index contributed by atoms with van der Waals surface area (Å²) in [6.07, 6.45) is -2.39. The van der Waals surface area contributed by atoms with Gasteiger partial charge < -0.3 is 9.90 Å². The van der Waals surface area contributed by atoms with Crippen LogP contribution in [0.1, 0.15) is 30.4 Å². The summed E-state index contributed by atoms with van der Waals surface area (Å²) in [7, 11) is 0. The van der Waals surface area contributed by atoms with E-state index in [0.29, 0.717) is 17.2 Å². The van der Waals surface area contributed by atoms with Crippen molar-refractivity contribution in [3.63, 3.8) is 0 Å². The summed E-state index contributed by atoms with van der Waals surface area (Å²) in [6.45, 7) is 0.262. The summed E-state index contributed by atoms with van der Waals surface area (Å²) in [5, 5.41) is 10.4. The highest BCUT2D eigenvalue weighted by Gasteiger charge is 2.32. The molecular weight excluding hydrogens is 375 g/mol. The minimum atomic E-state index is -4.46. The zero-order valence-corrected chi connectivity index (χ0v) is 14.5. The number of aliphatic carboxylic acids is 1. The smallest absolute Gasteiger partial charge is 0.416 e. The summed E-state index contributed by atoms with van der Waals surface area (Å²) in [5.74, 6) is -1.55. The Bertz CT molecular complexity index is 732. The van der Waals surface area contributed by atoms with E-state index in [1.54, 1.807) is 0 Å². The molecule has 0 bridgehead atoms. The maximum atomic E-state index is 12.7. The van der Waals surface area contributed by atoms with Crippen LogP contribution in [0.15, 0.2) is 29.2 Å². The van der Waals surface area contributed by atoms with Crippen molar-refractivity contribution in [2.24, 2.45) is 0 Å². The van der Waals surface area contributed by atoms with Crippen LogP contribution in [0.5, 0.6) is 0 Å². The molecule has 2 rings (SSSR count). The van der Waals surface area contributed by atoms with Crippen LogP contribution in [0.3, 0.4) is 0 Å². The number of rotatable bonds is 6. The number of thiocarbonyl (C=S) groups is 1. The highest BCUT2D eigenvalue weighted by atomic mass is 32.2. The molecule has 0 unspecified atom stereocenters. The number of alkyl halides is 3. The first-order chi connectivity index (χ1) is 11.7. The second-order valence-electron chi connectivity index (χ2n) is 5.29. The van der Waals surface area contributed by atoms with Gasteiger partial charge in [0.05, 0.1) is 10.5 Å². The number of hydrogen-bond donors (Lipinski definition) is 0. The first-order valence-electron chi connectivity index (χ1n) is 7.31. The number of hydrogen-bond acceptors (Lipinski definition) is 5. The van der Waals surface area contributed by atoms with E-state index in [0.717, 1.165) is 23.9 Å². The lowest BCUT2D eigenvalue weighted by Crippen LogP contribution is -2.29. The number of amides is 1. The Balaban J connectivity index is 2.08. The number of carboxylic acid groups (broad SMARTS) is 1. The Morgan fingerprint density at radius 1 is 1.32 bits per heavy atom. The molecule has 1 aromatic carbocycles. The molecule has 1 aliphatic heterocycles. The lowest BCUT2D eigenvalue weighted by atomic mass is 10.1. The van der Waals surface area contributed by atoms with Crippen LogP contribution < -0.4 is 5.11 Å². The van der Waals surface area contributed by atoms with Crippen molar-refractivity contribution < 1.29 is 27.9 Å². The molecular formula is C16H13F3NO3S2-. The van der Waals surface area contributed by atoms with Crippen LogP contribution >= 0.6 is 24.0 Å².